The number of ether oxygens (including phenoxy) is 1. The number of anilines is 1. The molecule has 1 aliphatic heterocycles. The molecule has 1 N–H and O–H groups in total. The van der Waals surface area contributed by atoms with E-state index in [0.717, 1.165) is 9.37 Å². The molecule has 1 aromatic carbocycles. The van der Waals surface area contributed by atoms with Gasteiger partial charge in [-0.05, 0) is 18.2 Å². The number of halogens is 1. The summed E-state index contributed by atoms with van der Waals surface area (Å²) in [6.45, 7) is 0. The van der Waals surface area contributed by atoms with Crippen LogP contribution in [0.25, 0.3) is 0 Å². The molecule has 2 rings (SSSR count). The summed E-state index contributed by atoms with van der Waals surface area (Å²) in [4.78, 5) is 11.9. The van der Waals surface area contributed by atoms with Gasteiger partial charge in [0.2, 0.25) is 0 Å². The summed E-state index contributed by atoms with van der Waals surface area (Å²) in [5.41, 5.74) is 0.517. The summed E-state index contributed by atoms with van der Waals surface area (Å²) >= 11 is 3.28. The van der Waals surface area contributed by atoms with Crippen molar-refractivity contribution in [1.82, 2.24) is 0 Å². The number of hydrogen-bond acceptors (Lipinski definition) is 2. The molecule has 0 aromatic heterocycles. The molecule has 4 nitrogen and oxygen atoms in total. The van der Waals surface area contributed by atoms with Crippen LogP contribution in [0.3, 0.4) is 0 Å². The van der Waals surface area contributed by atoms with Gasteiger partial charge in [0.25, 0.3) is 0 Å². The fourth-order valence-corrected chi connectivity index (χ4v) is 1.53. The lowest BCUT2D eigenvalue weighted by Crippen LogP contribution is -2.25. The summed E-state index contributed by atoms with van der Waals surface area (Å²) in [6.07, 6.45) is 1.66. The standard InChI is InChI=1S/C9H6BrNO3/c10-6-1-2-7-8(5-6)14-4-3-11(7)9(12)13/h1-5H,(H,12,13). The first-order chi connectivity index (χ1) is 6.68. The lowest BCUT2D eigenvalue weighted by Gasteiger charge is -2.21. The van der Waals surface area contributed by atoms with E-state index >= 15 is 0 Å². The molecule has 1 aromatic rings. The Bertz CT molecular complexity index is 417. The molecule has 0 bridgehead atoms. The Hall–Kier alpha value is -1.49. The largest absolute Gasteiger partial charge is 0.464 e. The summed E-state index contributed by atoms with van der Waals surface area (Å²) in [6, 6.07) is 5.16. The van der Waals surface area contributed by atoms with Crippen LogP contribution in [0.4, 0.5) is 10.5 Å². The van der Waals surface area contributed by atoms with Crippen molar-refractivity contribution in [1.29, 1.82) is 0 Å². The Morgan fingerprint density at radius 2 is 2.29 bits per heavy atom. The van der Waals surface area contributed by atoms with Gasteiger partial charge in [-0.25, -0.2) is 9.69 Å². The minimum atomic E-state index is -1.03. The van der Waals surface area contributed by atoms with Crippen molar-refractivity contribution in [3.63, 3.8) is 0 Å². The highest BCUT2D eigenvalue weighted by atomic mass is 79.9. The van der Waals surface area contributed by atoms with E-state index in [4.69, 9.17) is 9.84 Å². The van der Waals surface area contributed by atoms with E-state index in [1.54, 1.807) is 18.2 Å². The van der Waals surface area contributed by atoms with Crippen LogP contribution in [0.2, 0.25) is 0 Å². The molecule has 1 amide bonds. The predicted octanol–water partition coefficient (Wildman–Crippen LogP) is 2.80. The molecule has 0 unspecified atom stereocenters. The molecule has 0 fully saturated rings. The number of fused-ring (bicyclic) bond motifs is 1. The van der Waals surface area contributed by atoms with Crippen LogP contribution >= 0.6 is 15.9 Å². The molecule has 14 heavy (non-hydrogen) atoms. The van der Waals surface area contributed by atoms with Crippen molar-refractivity contribution >= 4 is 27.7 Å². The highest BCUT2D eigenvalue weighted by Crippen LogP contribution is 2.34. The second kappa shape index (κ2) is 3.34. The zero-order chi connectivity index (χ0) is 10.1. The van der Waals surface area contributed by atoms with Crippen molar-refractivity contribution in [2.45, 2.75) is 0 Å². The van der Waals surface area contributed by atoms with Crippen molar-refractivity contribution in [3.05, 3.63) is 35.1 Å². The van der Waals surface area contributed by atoms with Gasteiger partial charge in [0.1, 0.15) is 6.26 Å². The van der Waals surface area contributed by atoms with E-state index in [2.05, 4.69) is 15.9 Å². The number of benzene rings is 1. The summed E-state index contributed by atoms with van der Waals surface area (Å²) in [5, 5.41) is 8.86. The number of amides is 1. The fourth-order valence-electron chi connectivity index (χ4n) is 1.19. The molecular weight excluding hydrogens is 250 g/mol. The van der Waals surface area contributed by atoms with Crippen LogP contribution < -0.4 is 9.64 Å². The number of carbonyl (C=O) groups is 1. The Labute approximate surface area is 88.5 Å². The van der Waals surface area contributed by atoms with Crippen molar-refractivity contribution in [2.24, 2.45) is 0 Å². The maximum absolute atomic E-state index is 10.8. The third-order valence-corrected chi connectivity index (χ3v) is 2.29. The topological polar surface area (TPSA) is 49.8 Å². The first-order valence-electron chi connectivity index (χ1n) is 3.83. The monoisotopic (exact) mass is 255 g/mol. The maximum atomic E-state index is 10.8. The van der Waals surface area contributed by atoms with Gasteiger partial charge in [-0.15, -0.1) is 0 Å². The van der Waals surface area contributed by atoms with Gasteiger partial charge in [0, 0.05) is 4.47 Å². The second-order valence-corrected chi connectivity index (χ2v) is 3.58. The predicted molar refractivity (Wildman–Crippen MR) is 54.4 cm³/mol. The Morgan fingerprint density at radius 3 is 3.00 bits per heavy atom. The van der Waals surface area contributed by atoms with Gasteiger partial charge in [0.15, 0.2) is 5.75 Å². The van der Waals surface area contributed by atoms with Crippen LogP contribution in [0.5, 0.6) is 5.75 Å². The first kappa shape index (κ1) is 9.08. The summed E-state index contributed by atoms with van der Waals surface area (Å²) in [7, 11) is 0. The average molecular weight is 256 g/mol. The molecule has 0 saturated heterocycles. The molecule has 0 spiro atoms. The Balaban J connectivity index is 2.49. The fraction of sp³-hybridized carbons (Fsp3) is 0. The van der Waals surface area contributed by atoms with Crippen LogP contribution in [-0.4, -0.2) is 11.2 Å². The van der Waals surface area contributed by atoms with Crippen LogP contribution in [0.1, 0.15) is 0 Å². The summed E-state index contributed by atoms with van der Waals surface area (Å²) < 4.78 is 6.01. The molecular formula is C9H6BrNO3. The van der Waals surface area contributed by atoms with Crippen molar-refractivity contribution in [3.8, 4) is 5.75 Å². The molecule has 0 aliphatic carbocycles. The van der Waals surface area contributed by atoms with Gasteiger partial charge < -0.3 is 9.84 Å². The van der Waals surface area contributed by atoms with E-state index in [9.17, 15) is 4.79 Å². The number of hydrogen-bond donors (Lipinski definition) is 1. The van der Waals surface area contributed by atoms with Gasteiger partial charge in [0.05, 0.1) is 11.9 Å². The molecule has 1 heterocycles. The average Bonchev–Trinajstić information content (AvgIpc) is 2.16. The van der Waals surface area contributed by atoms with E-state index in [1.807, 2.05) is 0 Å². The second-order valence-electron chi connectivity index (χ2n) is 2.67. The molecule has 0 atom stereocenters. The number of nitrogens with zero attached hydrogens (tertiary/aromatic N) is 1. The quantitative estimate of drug-likeness (QED) is 0.776. The van der Waals surface area contributed by atoms with Crippen LogP contribution in [0.15, 0.2) is 35.1 Å². The maximum Gasteiger partial charge on any atom is 0.416 e. The van der Waals surface area contributed by atoms with Crippen LogP contribution in [-0.2, 0) is 0 Å². The third kappa shape index (κ3) is 1.46. The van der Waals surface area contributed by atoms with Gasteiger partial charge >= 0.3 is 6.09 Å². The Morgan fingerprint density at radius 1 is 1.50 bits per heavy atom. The van der Waals surface area contributed by atoms with E-state index < -0.39 is 6.09 Å². The van der Waals surface area contributed by atoms with E-state index in [1.165, 1.54) is 12.5 Å². The SMILES string of the molecule is O=C(O)N1C=COc2cc(Br)ccc21. The zero-order valence-corrected chi connectivity index (χ0v) is 8.56. The van der Waals surface area contributed by atoms with Gasteiger partial charge in [-0.3, -0.25) is 0 Å². The summed E-state index contributed by atoms with van der Waals surface area (Å²) in [5.74, 6) is 0.518. The van der Waals surface area contributed by atoms with Gasteiger partial charge in [-0.1, -0.05) is 15.9 Å². The molecule has 5 heteroatoms. The lowest BCUT2D eigenvalue weighted by atomic mass is 10.2. The molecule has 72 valence electrons. The van der Waals surface area contributed by atoms with Crippen molar-refractivity contribution < 1.29 is 14.6 Å². The third-order valence-electron chi connectivity index (χ3n) is 1.79. The zero-order valence-electron chi connectivity index (χ0n) is 6.98. The van der Waals surface area contributed by atoms with E-state index in [-0.39, 0.29) is 0 Å². The highest BCUT2D eigenvalue weighted by Gasteiger charge is 2.19. The van der Waals surface area contributed by atoms with Crippen LogP contribution in [0, 0.1) is 0 Å². The number of carboxylic acid groups (broad SMARTS) is 1. The Kier molecular flexibility index (Phi) is 2.17. The first-order valence-corrected chi connectivity index (χ1v) is 4.63. The van der Waals surface area contributed by atoms with Crippen molar-refractivity contribution in [2.75, 3.05) is 4.90 Å². The smallest absolute Gasteiger partial charge is 0.416 e. The normalized spacial score (nSPS) is 13.4. The lowest BCUT2D eigenvalue weighted by molar-refractivity contribution is 0.203. The van der Waals surface area contributed by atoms with Gasteiger partial charge in [-0.2, -0.15) is 0 Å². The number of rotatable bonds is 0. The molecule has 0 radical (unpaired) electrons. The van der Waals surface area contributed by atoms with E-state index in [0.29, 0.717) is 11.4 Å². The highest BCUT2D eigenvalue weighted by molar-refractivity contribution is 9.10. The molecule has 0 saturated carbocycles. The molecule has 1 aliphatic rings. The minimum absolute atomic E-state index is 0.517. The minimum Gasteiger partial charge on any atom is -0.464 e.